The molecule has 3 N–H and O–H groups in total. The van der Waals surface area contributed by atoms with Gasteiger partial charge in [-0.15, -0.1) is 0 Å². The number of hydrogen-bond acceptors (Lipinski definition) is 3. The predicted molar refractivity (Wildman–Crippen MR) is 89.2 cm³/mol. The third-order valence-electron chi connectivity index (χ3n) is 3.21. The van der Waals surface area contributed by atoms with Gasteiger partial charge in [0.1, 0.15) is 5.16 Å². The molecular weight excluding hydrogens is 292 g/mol. The molecule has 0 bridgehead atoms. The van der Waals surface area contributed by atoms with Gasteiger partial charge in [-0.05, 0) is 43.6 Å². The molecule has 1 aromatic rings. The smallest absolute Gasteiger partial charge is 0.184 e. The molecule has 1 aromatic carbocycles. The van der Waals surface area contributed by atoms with Crippen LogP contribution in [0.15, 0.2) is 34.0 Å². The minimum absolute atomic E-state index is 0.141. The molecule has 106 valence electrons. The molecule has 4 nitrogen and oxygen atoms in total. The van der Waals surface area contributed by atoms with Crippen LogP contribution in [0, 0.1) is 13.8 Å². The van der Waals surface area contributed by atoms with Gasteiger partial charge in [0, 0.05) is 17.8 Å². The Balaban J connectivity index is 2.26. The van der Waals surface area contributed by atoms with Crippen molar-refractivity contribution in [3.05, 3.63) is 40.1 Å². The van der Waals surface area contributed by atoms with Crippen molar-refractivity contribution in [2.75, 3.05) is 11.4 Å². The summed E-state index contributed by atoms with van der Waals surface area (Å²) in [6.45, 7) is 5.03. The predicted octanol–water partition coefficient (Wildman–Crippen LogP) is 2.78. The largest absolute Gasteiger partial charge is 0.375 e. The van der Waals surface area contributed by atoms with Crippen LogP contribution in [-0.2, 0) is 0 Å². The van der Waals surface area contributed by atoms with Crippen molar-refractivity contribution in [2.45, 2.75) is 20.3 Å². The van der Waals surface area contributed by atoms with Gasteiger partial charge in [-0.2, -0.15) is 5.10 Å². The topological polar surface area (TPSA) is 53.6 Å². The number of para-hydroxylation sites is 1. The highest BCUT2D eigenvalue weighted by atomic mass is 35.5. The van der Waals surface area contributed by atoms with Gasteiger partial charge in [0.05, 0.1) is 6.21 Å². The molecular formula is C14H17ClN4S. The van der Waals surface area contributed by atoms with Gasteiger partial charge in [0.25, 0.3) is 0 Å². The minimum Gasteiger partial charge on any atom is -0.375 e. The summed E-state index contributed by atoms with van der Waals surface area (Å²) >= 11 is 11.2. The maximum absolute atomic E-state index is 6.46. The van der Waals surface area contributed by atoms with Crippen LogP contribution < -0.4 is 16.1 Å². The lowest BCUT2D eigenvalue weighted by molar-refractivity contribution is 0.971. The van der Waals surface area contributed by atoms with Crippen molar-refractivity contribution in [1.29, 1.82) is 0 Å². The molecule has 1 aliphatic rings. The molecule has 0 radical (unpaired) electrons. The number of halogens is 1. The van der Waals surface area contributed by atoms with E-state index in [4.69, 9.17) is 29.6 Å². The zero-order valence-corrected chi connectivity index (χ0v) is 13.1. The maximum Gasteiger partial charge on any atom is 0.184 e. The summed E-state index contributed by atoms with van der Waals surface area (Å²) in [5.74, 6) is 0. The van der Waals surface area contributed by atoms with Crippen molar-refractivity contribution in [3.63, 3.8) is 0 Å². The van der Waals surface area contributed by atoms with E-state index in [0.717, 1.165) is 18.5 Å². The Kier molecular flexibility index (Phi) is 4.62. The maximum atomic E-state index is 6.46. The van der Waals surface area contributed by atoms with Crippen LogP contribution in [0.25, 0.3) is 0 Å². The van der Waals surface area contributed by atoms with Gasteiger partial charge in [-0.25, -0.2) is 0 Å². The van der Waals surface area contributed by atoms with Crippen molar-refractivity contribution in [3.8, 4) is 0 Å². The van der Waals surface area contributed by atoms with Gasteiger partial charge >= 0.3 is 0 Å². The van der Waals surface area contributed by atoms with Gasteiger partial charge in [0.2, 0.25) is 0 Å². The highest BCUT2D eigenvalue weighted by Gasteiger charge is 2.23. The zero-order chi connectivity index (χ0) is 14.7. The molecule has 0 fully saturated rings. The SMILES string of the molecule is Cc1cccc(C)c1N1CCC(C=NNC(N)=S)=C1Cl. The summed E-state index contributed by atoms with van der Waals surface area (Å²) < 4.78 is 0. The average molecular weight is 309 g/mol. The fourth-order valence-electron chi connectivity index (χ4n) is 2.34. The normalized spacial score (nSPS) is 15.2. The van der Waals surface area contributed by atoms with Crippen molar-refractivity contribution in [1.82, 2.24) is 5.43 Å². The van der Waals surface area contributed by atoms with Gasteiger partial charge in [-0.1, -0.05) is 29.8 Å². The standard InChI is InChI=1S/C14H17ClN4S/c1-9-4-3-5-10(2)12(9)19-7-6-11(13(19)15)8-17-18-14(16)20/h3-5,8H,6-7H2,1-2H3,(H3,16,18,20). The monoisotopic (exact) mass is 308 g/mol. The molecule has 0 aliphatic carbocycles. The first-order valence-electron chi connectivity index (χ1n) is 6.31. The molecule has 1 aliphatic heterocycles. The lowest BCUT2D eigenvalue weighted by atomic mass is 10.1. The molecule has 0 saturated heterocycles. The van der Waals surface area contributed by atoms with Crippen LogP contribution in [0.1, 0.15) is 17.5 Å². The third-order valence-corrected chi connectivity index (χ3v) is 3.75. The Morgan fingerprint density at radius 1 is 1.45 bits per heavy atom. The van der Waals surface area contributed by atoms with E-state index < -0.39 is 0 Å². The Hall–Kier alpha value is -1.59. The lowest BCUT2D eigenvalue weighted by Crippen LogP contribution is -2.24. The first-order chi connectivity index (χ1) is 9.50. The minimum atomic E-state index is 0.141. The Morgan fingerprint density at radius 2 is 2.10 bits per heavy atom. The van der Waals surface area contributed by atoms with E-state index >= 15 is 0 Å². The molecule has 0 unspecified atom stereocenters. The van der Waals surface area contributed by atoms with Crippen molar-refractivity contribution in [2.24, 2.45) is 10.8 Å². The summed E-state index contributed by atoms with van der Waals surface area (Å²) in [4.78, 5) is 2.12. The van der Waals surface area contributed by atoms with Crippen LogP contribution in [0.3, 0.4) is 0 Å². The molecule has 20 heavy (non-hydrogen) atoms. The van der Waals surface area contributed by atoms with Crippen LogP contribution in [0.4, 0.5) is 5.69 Å². The van der Waals surface area contributed by atoms with E-state index in [1.165, 1.54) is 16.8 Å². The quantitative estimate of drug-likeness (QED) is 0.390. The van der Waals surface area contributed by atoms with Crippen molar-refractivity contribution >= 4 is 40.8 Å². The third kappa shape index (κ3) is 3.11. The van der Waals surface area contributed by atoms with Crippen LogP contribution in [0.5, 0.6) is 0 Å². The van der Waals surface area contributed by atoms with E-state index in [-0.39, 0.29) is 5.11 Å². The van der Waals surface area contributed by atoms with Crippen LogP contribution in [0.2, 0.25) is 0 Å². The number of nitrogens with two attached hydrogens (primary N) is 1. The number of benzene rings is 1. The van der Waals surface area contributed by atoms with E-state index in [1.807, 2.05) is 0 Å². The Bertz CT molecular complexity index is 575. The van der Waals surface area contributed by atoms with E-state index in [0.29, 0.717) is 5.16 Å². The number of anilines is 1. The van der Waals surface area contributed by atoms with Gasteiger partial charge in [0.15, 0.2) is 5.11 Å². The second kappa shape index (κ2) is 6.24. The molecule has 0 amide bonds. The summed E-state index contributed by atoms with van der Waals surface area (Å²) in [6.07, 6.45) is 2.52. The average Bonchev–Trinajstić information content (AvgIpc) is 2.71. The summed E-state index contributed by atoms with van der Waals surface area (Å²) in [5, 5.41) is 4.81. The second-order valence-electron chi connectivity index (χ2n) is 4.69. The van der Waals surface area contributed by atoms with Crippen molar-refractivity contribution < 1.29 is 0 Å². The van der Waals surface area contributed by atoms with Gasteiger partial charge in [-0.3, -0.25) is 5.43 Å². The number of aryl methyl sites for hydroxylation is 2. The van der Waals surface area contributed by atoms with Crippen LogP contribution in [-0.4, -0.2) is 17.9 Å². The second-order valence-corrected chi connectivity index (χ2v) is 5.49. The number of hydrogen-bond donors (Lipinski definition) is 2. The zero-order valence-electron chi connectivity index (χ0n) is 11.5. The molecule has 0 aromatic heterocycles. The molecule has 6 heteroatoms. The van der Waals surface area contributed by atoms with Crippen LogP contribution >= 0.6 is 23.8 Å². The number of nitrogens with zero attached hydrogens (tertiary/aromatic N) is 2. The Labute approximate surface area is 129 Å². The van der Waals surface area contributed by atoms with E-state index in [9.17, 15) is 0 Å². The molecule has 1 heterocycles. The van der Waals surface area contributed by atoms with E-state index in [2.05, 4.69) is 47.5 Å². The number of hydrazone groups is 1. The number of rotatable bonds is 3. The number of thiocarbonyl (C=S) groups is 1. The summed E-state index contributed by atoms with van der Waals surface area (Å²) in [7, 11) is 0. The molecule has 0 saturated carbocycles. The first kappa shape index (κ1) is 14.8. The fraction of sp³-hybridized carbons (Fsp3) is 0.286. The fourth-order valence-corrected chi connectivity index (χ4v) is 2.70. The molecule has 2 rings (SSSR count). The molecule has 0 atom stereocenters. The Morgan fingerprint density at radius 3 is 2.70 bits per heavy atom. The summed E-state index contributed by atoms with van der Waals surface area (Å²) in [5.41, 5.74) is 12.4. The molecule has 0 spiro atoms. The first-order valence-corrected chi connectivity index (χ1v) is 7.10. The lowest BCUT2D eigenvalue weighted by Gasteiger charge is -2.23. The van der Waals surface area contributed by atoms with E-state index in [1.54, 1.807) is 6.21 Å². The number of nitrogens with one attached hydrogen (secondary N) is 1. The summed E-state index contributed by atoms with van der Waals surface area (Å²) in [6, 6.07) is 6.23. The highest BCUT2D eigenvalue weighted by molar-refractivity contribution is 7.80. The van der Waals surface area contributed by atoms with Gasteiger partial charge < -0.3 is 10.6 Å². The highest BCUT2D eigenvalue weighted by Crippen LogP contribution is 2.34.